The standard InChI is InChI=1S/C21H21N5O4S2/c1-11-6-7-14(13(10-11)16(27)12-4-2-3-5-12)24-19(30)26-21-25-15(17(28)29)18(32-21)31-20-22-8-9-23-20/h6-10,12H,2-5H2,1H3,(H,22,23)(H,28,29)(H2,24,25,26,30). The third kappa shape index (κ3) is 5.00. The van der Waals surface area contributed by atoms with E-state index in [1.54, 1.807) is 24.5 Å². The van der Waals surface area contributed by atoms with Gasteiger partial charge in [-0.15, -0.1) is 0 Å². The summed E-state index contributed by atoms with van der Waals surface area (Å²) in [6.45, 7) is 1.90. The normalized spacial score (nSPS) is 13.8. The maximum absolute atomic E-state index is 13.0. The van der Waals surface area contributed by atoms with Gasteiger partial charge in [0.05, 0.1) is 5.69 Å². The Bertz CT molecular complexity index is 1150. The summed E-state index contributed by atoms with van der Waals surface area (Å²) < 4.78 is 0.384. The van der Waals surface area contributed by atoms with Gasteiger partial charge in [0.15, 0.2) is 21.8 Å². The molecule has 0 unspecified atom stereocenters. The minimum atomic E-state index is -1.20. The van der Waals surface area contributed by atoms with Gasteiger partial charge in [0.25, 0.3) is 0 Å². The van der Waals surface area contributed by atoms with Crippen LogP contribution >= 0.6 is 23.1 Å². The van der Waals surface area contributed by atoms with Crippen LogP contribution in [-0.4, -0.2) is 37.8 Å². The van der Waals surface area contributed by atoms with Gasteiger partial charge in [-0.2, -0.15) is 0 Å². The topological polar surface area (TPSA) is 137 Å². The van der Waals surface area contributed by atoms with Crippen molar-refractivity contribution in [3.63, 3.8) is 0 Å². The van der Waals surface area contributed by atoms with E-state index in [0.717, 1.165) is 54.3 Å². The molecule has 0 aliphatic heterocycles. The Kier molecular flexibility index (Phi) is 6.56. The molecule has 4 rings (SSSR count). The molecule has 1 aliphatic rings. The highest BCUT2D eigenvalue weighted by Crippen LogP contribution is 2.36. The summed E-state index contributed by atoms with van der Waals surface area (Å²) in [5.41, 5.74) is 1.68. The number of H-pyrrole nitrogens is 1. The maximum atomic E-state index is 13.0. The molecule has 1 aliphatic carbocycles. The number of benzene rings is 1. The van der Waals surface area contributed by atoms with E-state index in [4.69, 9.17) is 0 Å². The highest BCUT2D eigenvalue weighted by Gasteiger charge is 2.26. The SMILES string of the molecule is Cc1ccc(NC(=O)Nc2nc(C(=O)O)c(Sc3ncc[nH]3)s2)c(C(=O)C2CCCC2)c1. The summed E-state index contributed by atoms with van der Waals surface area (Å²) in [6.07, 6.45) is 7.00. The quantitative estimate of drug-likeness (QED) is 0.354. The number of thiazole rings is 1. The molecule has 2 heterocycles. The number of anilines is 2. The molecule has 11 heteroatoms. The molecule has 3 aromatic rings. The lowest BCUT2D eigenvalue weighted by Crippen LogP contribution is -2.22. The number of hydrogen-bond acceptors (Lipinski definition) is 7. The van der Waals surface area contributed by atoms with Gasteiger partial charge in [0, 0.05) is 23.9 Å². The predicted molar refractivity (Wildman–Crippen MR) is 122 cm³/mol. The maximum Gasteiger partial charge on any atom is 0.356 e. The van der Waals surface area contributed by atoms with Crippen LogP contribution in [0.2, 0.25) is 0 Å². The number of rotatable bonds is 7. The number of carboxylic acid groups (broad SMARTS) is 1. The van der Waals surface area contributed by atoms with Gasteiger partial charge in [-0.1, -0.05) is 35.8 Å². The number of Topliss-reactive ketones (excluding diaryl/α,β-unsaturated/α-hetero) is 1. The van der Waals surface area contributed by atoms with Crippen molar-refractivity contribution < 1.29 is 19.5 Å². The highest BCUT2D eigenvalue weighted by atomic mass is 32.2. The van der Waals surface area contributed by atoms with Gasteiger partial charge in [-0.05, 0) is 43.7 Å². The average molecular weight is 472 g/mol. The predicted octanol–water partition coefficient (Wildman–Crippen LogP) is 5.04. The molecule has 166 valence electrons. The number of amides is 2. The molecule has 0 saturated heterocycles. The first-order valence-corrected chi connectivity index (χ1v) is 11.7. The van der Waals surface area contributed by atoms with Crippen LogP contribution in [0.4, 0.5) is 15.6 Å². The molecule has 2 amide bonds. The first-order chi connectivity index (χ1) is 15.4. The summed E-state index contributed by atoms with van der Waals surface area (Å²) in [4.78, 5) is 48.1. The van der Waals surface area contributed by atoms with E-state index in [1.807, 2.05) is 13.0 Å². The number of carboxylic acids is 1. The van der Waals surface area contributed by atoms with Crippen molar-refractivity contribution >= 4 is 51.7 Å². The van der Waals surface area contributed by atoms with Crippen molar-refractivity contribution in [1.82, 2.24) is 15.0 Å². The summed E-state index contributed by atoms with van der Waals surface area (Å²) in [7, 11) is 0. The molecular weight excluding hydrogens is 450 g/mol. The zero-order valence-electron chi connectivity index (χ0n) is 17.2. The molecule has 0 atom stereocenters. The lowest BCUT2D eigenvalue weighted by Gasteiger charge is -2.14. The number of aryl methyl sites for hydroxylation is 1. The van der Waals surface area contributed by atoms with Gasteiger partial charge in [0.1, 0.15) is 4.21 Å². The Morgan fingerprint density at radius 2 is 2.00 bits per heavy atom. The van der Waals surface area contributed by atoms with Crippen LogP contribution < -0.4 is 10.6 Å². The number of nitrogens with one attached hydrogen (secondary N) is 3. The zero-order chi connectivity index (χ0) is 22.7. The summed E-state index contributed by atoms with van der Waals surface area (Å²) >= 11 is 2.15. The number of imidazole rings is 1. The Morgan fingerprint density at radius 1 is 1.22 bits per heavy atom. The van der Waals surface area contributed by atoms with Crippen molar-refractivity contribution in [2.75, 3.05) is 10.6 Å². The Hall–Kier alpha value is -3.18. The fourth-order valence-electron chi connectivity index (χ4n) is 3.59. The number of carbonyl (C=O) groups excluding carboxylic acids is 2. The van der Waals surface area contributed by atoms with Crippen molar-refractivity contribution in [1.29, 1.82) is 0 Å². The number of aromatic carboxylic acids is 1. The minimum Gasteiger partial charge on any atom is -0.476 e. The average Bonchev–Trinajstić information content (AvgIpc) is 3.51. The Balaban J connectivity index is 1.50. The summed E-state index contributed by atoms with van der Waals surface area (Å²) in [5.74, 6) is -1.17. The molecule has 4 N–H and O–H groups in total. The Morgan fingerprint density at radius 3 is 2.69 bits per heavy atom. The second-order valence-corrected chi connectivity index (χ2v) is 9.69. The van der Waals surface area contributed by atoms with E-state index in [9.17, 15) is 19.5 Å². The van der Waals surface area contributed by atoms with Crippen molar-refractivity contribution in [2.45, 2.75) is 42.0 Å². The van der Waals surface area contributed by atoms with Crippen molar-refractivity contribution in [3.8, 4) is 0 Å². The molecule has 32 heavy (non-hydrogen) atoms. The smallest absolute Gasteiger partial charge is 0.356 e. The van der Waals surface area contributed by atoms with Crippen LogP contribution in [0, 0.1) is 12.8 Å². The van der Waals surface area contributed by atoms with Gasteiger partial charge in [0.2, 0.25) is 0 Å². The van der Waals surface area contributed by atoms with Gasteiger partial charge >= 0.3 is 12.0 Å². The molecule has 0 bridgehead atoms. The fraction of sp³-hybridized carbons (Fsp3) is 0.286. The summed E-state index contributed by atoms with van der Waals surface area (Å²) in [6, 6.07) is 4.72. The van der Waals surface area contributed by atoms with Gasteiger partial charge in [-0.25, -0.2) is 19.6 Å². The molecule has 0 radical (unpaired) electrons. The molecule has 1 fully saturated rings. The third-order valence-electron chi connectivity index (χ3n) is 5.10. The third-order valence-corrected chi connectivity index (χ3v) is 7.16. The molecule has 9 nitrogen and oxygen atoms in total. The zero-order valence-corrected chi connectivity index (χ0v) is 18.8. The largest absolute Gasteiger partial charge is 0.476 e. The fourth-order valence-corrected chi connectivity index (χ4v) is 5.56. The number of aromatic amines is 1. The molecule has 1 aromatic carbocycles. The van der Waals surface area contributed by atoms with Crippen LogP contribution in [-0.2, 0) is 0 Å². The van der Waals surface area contributed by atoms with E-state index in [2.05, 4.69) is 25.6 Å². The highest BCUT2D eigenvalue weighted by molar-refractivity contribution is 8.01. The van der Waals surface area contributed by atoms with E-state index < -0.39 is 12.0 Å². The van der Waals surface area contributed by atoms with Crippen molar-refractivity contribution in [2.24, 2.45) is 5.92 Å². The van der Waals surface area contributed by atoms with Crippen LogP contribution in [0.25, 0.3) is 0 Å². The number of nitrogens with zero attached hydrogens (tertiary/aromatic N) is 2. The molecule has 1 saturated carbocycles. The van der Waals surface area contributed by atoms with Crippen LogP contribution in [0.15, 0.2) is 40.0 Å². The minimum absolute atomic E-state index is 0.0151. The van der Waals surface area contributed by atoms with E-state index in [0.29, 0.717) is 20.6 Å². The molecular formula is C21H21N5O4S2. The number of urea groups is 1. The van der Waals surface area contributed by atoms with E-state index in [1.165, 1.54) is 0 Å². The molecule has 2 aromatic heterocycles. The number of aromatic nitrogens is 3. The second kappa shape index (κ2) is 9.53. The van der Waals surface area contributed by atoms with Gasteiger partial charge < -0.3 is 15.4 Å². The monoisotopic (exact) mass is 471 g/mol. The van der Waals surface area contributed by atoms with E-state index >= 15 is 0 Å². The Labute approximate surface area is 192 Å². The van der Waals surface area contributed by atoms with Crippen LogP contribution in [0.5, 0.6) is 0 Å². The first-order valence-electron chi connectivity index (χ1n) is 10.0. The number of hydrogen-bond donors (Lipinski definition) is 4. The van der Waals surface area contributed by atoms with Crippen LogP contribution in [0.1, 0.15) is 52.1 Å². The van der Waals surface area contributed by atoms with Crippen molar-refractivity contribution in [3.05, 3.63) is 47.4 Å². The lowest BCUT2D eigenvalue weighted by atomic mass is 9.94. The molecule has 0 spiro atoms. The number of carbonyl (C=O) groups is 3. The van der Waals surface area contributed by atoms with E-state index in [-0.39, 0.29) is 22.5 Å². The van der Waals surface area contributed by atoms with Gasteiger partial charge in [-0.3, -0.25) is 10.1 Å². The first kappa shape index (κ1) is 22.0. The van der Waals surface area contributed by atoms with Crippen LogP contribution in [0.3, 0.4) is 0 Å². The summed E-state index contributed by atoms with van der Waals surface area (Å²) in [5, 5.41) is 15.4. The number of ketones is 1. The second-order valence-electron chi connectivity index (χ2n) is 7.43. The lowest BCUT2D eigenvalue weighted by molar-refractivity contribution is 0.0687.